The maximum absolute atomic E-state index is 12.9. The lowest BCUT2D eigenvalue weighted by Gasteiger charge is -2.28. The van der Waals surface area contributed by atoms with Gasteiger partial charge in [0.15, 0.2) is 0 Å². The molecule has 0 saturated heterocycles. The van der Waals surface area contributed by atoms with Gasteiger partial charge < -0.3 is 4.90 Å². The van der Waals surface area contributed by atoms with Crippen LogP contribution in [0.1, 0.15) is 36.0 Å². The standard InChI is InChI=1S/C16H18ClNOS/c17-9-10-18(12-5-1-2-6-12)16(19)14-11-20-15-8-4-3-7-13(14)15/h3-4,7-8,11-12H,1-2,5-6,9-10H2. The first-order valence-electron chi connectivity index (χ1n) is 7.14. The number of thiophene rings is 1. The fourth-order valence-electron chi connectivity index (χ4n) is 3.06. The van der Waals surface area contributed by atoms with Gasteiger partial charge in [-0.15, -0.1) is 22.9 Å². The van der Waals surface area contributed by atoms with Crippen LogP contribution >= 0.6 is 22.9 Å². The number of halogens is 1. The molecule has 1 aliphatic carbocycles. The van der Waals surface area contributed by atoms with Crippen molar-refractivity contribution in [3.63, 3.8) is 0 Å². The molecule has 0 N–H and O–H groups in total. The van der Waals surface area contributed by atoms with E-state index in [0.29, 0.717) is 18.5 Å². The number of alkyl halides is 1. The molecule has 106 valence electrons. The van der Waals surface area contributed by atoms with Crippen molar-refractivity contribution in [2.75, 3.05) is 12.4 Å². The van der Waals surface area contributed by atoms with E-state index >= 15 is 0 Å². The third-order valence-electron chi connectivity index (χ3n) is 4.06. The largest absolute Gasteiger partial charge is 0.334 e. The highest BCUT2D eigenvalue weighted by atomic mass is 35.5. The highest BCUT2D eigenvalue weighted by Crippen LogP contribution is 2.30. The third kappa shape index (κ3) is 2.57. The lowest BCUT2D eigenvalue weighted by atomic mass is 10.1. The summed E-state index contributed by atoms with van der Waals surface area (Å²) in [4.78, 5) is 14.9. The van der Waals surface area contributed by atoms with Crippen molar-refractivity contribution in [2.24, 2.45) is 0 Å². The average Bonchev–Trinajstić information content (AvgIpc) is 3.13. The van der Waals surface area contributed by atoms with Crippen LogP contribution in [0.25, 0.3) is 10.1 Å². The molecule has 0 unspecified atom stereocenters. The number of fused-ring (bicyclic) bond motifs is 1. The molecule has 0 spiro atoms. The predicted octanol–water partition coefficient (Wildman–Crippen LogP) is 4.52. The minimum Gasteiger partial charge on any atom is -0.334 e. The molecule has 0 radical (unpaired) electrons. The second kappa shape index (κ2) is 6.15. The Morgan fingerprint density at radius 1 is 1.30 bits per heavy atom. The average molecular weight is 308 g/mol. The maximum Gasteiger partial charge on any atom is 0.255 e. The van der Waals surface area contributed by atoms with E-state index in [1.54, 1.807) is 11.3 Å². The molecule has 1 heterocycles. The number of hydrogen-bond donors (Lipinski definition) is 0. The van der Waals surface area contributed by atoms with Gasteiger partial charge in [-0.2, -0.15) is 0 Å². The van der Waals surface area contributed by atoms with Crippen LogP contribution in [0, 0.1) is 0 Å². The molecule has 1 aliphatic rings. The molecule has 1 aromatic carbocycles. The fraction of sp³-hybridized carbons (Fsp3) is 0.438. The molecule has 1 amide bonds. The zero-order valence-electron chi connectivity index (χ0n) is 11.3. The lowest BCUT2D eigenvalue weighted by Crippen LogP contribution is -2.40. The van der Waals surface area contributed by atoms with Crippen LogP contribution in [0.4, 0.5) is 0 Å². The van der Waals surface area contributed by atoms with Crippen LogP contribution in [-0.2, 0) is 0 Å². The second-order valence-electron chi connectivity index (χ2n) is 5.27. The molecule has 0 atom stereocenters. The highest BCUT2D eigenvalue weighted by molar-refractivity contribution is 7.17. The number of amides is 1. The normalized spacial score (nSPS) is 15.8. The lowest BCUT2D eigenvalue weighted by molar-refractivity contribution is 0.0697. The molecule has 1 saturated carbocycles. The minimum atomic E-state index is 0.148. The molecule has 0 aliphatic heterocycles. The van der Waals surface area contributed by atoms with Crippen molar-refractivity contribution in [1.29, 1.82) is 0 Å². The molecular formula is C16H18ClNOS. The number of rotatable bonds is 4. The van der Waals surface area contributed by atoms with Crippen molar-refractivity contribution >= 4 is 38.9 Å². The van der Waals surface area contributed by atoms with Gasteiger partial charge in [0.25, 0.3) is 5.91 Å². The number of carbonyl (C=O) groups is 1. The van der Waals surface area contributed by atoms with Crippen molar-refractivity contribution in [3.8, 4) is 0 Å². The summed E-state index contributed by atoms with van der Waals surface area (Å²) in [5, 5.41) is 3.06. The summed E-state index contributed by atoms with van der Waals surface area (Å²) in [6, 6.07) is 8.48. The van der Waals surface area contributed by atoms with E-state index in [1.807, 2.05) is 28.5 Å². The highest BCUT2D eigenvalue weighted by Gasteiger charge is 2.28. The summed E-state index contributed by atoms with van der Waals surface area (Å²) in [6.07, 6.45) is 4.68. The molecule has 1 fully saturated rings. The van der Waals surface area contributed by atoms with E-state index in [2.05, 4.69) is 6.07 Å². The Morgan fingerprint density at radius 2 is 2.05 bits per heavy atom. The van der Waals surface area contributed by atoms with E-state index in [1.165, 1.54) is 17.5 Å². The molecule has 2 aromatic rings. The van der Waals surface area contributed by atoms with Gasteiger partial charge in [-0.3, -0.25) is 4.79 Å². The molecule has 4 heteroatoms. The Kier molecular flexibility index (Phi) is 4.27. The van der Waals surface area contributed by atoms with E-state index in [-0.39, 0.29) is 5.91 Å². The Bertz CT molecular complexity index is 603. The quantitative estimate of drug-likeness (QED) is 0.760. The van der Waals surface area contributed by atoms with Gasteiger partial charge in [0, 0.05) is 33.9 Å². The van der Waals surface area contributed by atoms with Crippen LogP contribution in [0.2, 0.25) is 0 Å². The maximum atomic E-state index is 12.9. The molecule has 3 rings (SSSR count). The van der Waals surface area contributed by atoms with Gasteiger partial charge in [0.2, 0.25) is 0 Å². The molecule has 20 heavy (non-hydrogen) atoms. The van der Waals surface area contributed by atoms with Gasteiger partial charge in [0.05, 0.1) is 5.56 Å². The monoisotopic (exact) mass is 307 g/mol. The number of hydrogen-bond acceptors (Lipinski definition) is 2. The molecule has 0 bridgehead atoms. The summed E-state index contributed by atoms with van der Waals surface area (Å²) < 4.78 is 1.17. The van der Waals surface area contributed by atoms with Crippen LogP contribution in [-0.4, -0.2) is 29.3 Å². The summed E-state index contributed by atoms with van der Waals surface area (Å²) in [5.74, 6) is 0.652. The Balaban J connectivity index is 1.92. The predicted molar refractivity (Wildman–Crippen MR) is 85.8 cm³/mol. The Hall–Kier alpha value is -1.06. The van der Waals surface area contributed by atoms with E-state index in [4.69, 9.17) is 11.6 Å². The topological polar surface area (TPSA) is 20.3 Å². The van der Waals surface area contributed by atoms with Gasteiger partial charge in [-0.05, 0) is 18.9 Å². The van der Waals surface area contributed by atoms with Crippen molar-refractivity contribution in [2.45, 2.75) is 31.7 Å². The van der Waals surface area contributed by atoms with Crippen molar-refractivity contribution in [3.05, 3.63) is 35.2 Å². The van der Waals surface area contributed by atoms with E-state index < -0.39 is 0 Å². The third-order valence-corrected chi connectivity index (χ3v) is 5.20. The SMILES string of the molecule is O=C(c1csc2ccccc12)N(CCCl)C1CCCC1. The first-order chi connectivity index (χ1) is 9.81. The van der Waals surface area contributed by atoms with Crippen LogP contribution in [0.15, 0.2) is 29.6 Å². The van der Waals surface area contributed by atoms with Gasteiger partial charge in [0.1, 0.15) is 0 Å². The van der Waals surface area contributed by atoms with Crippen molar-refractivity contribution in [1.82, 2.24) is 4.90 Å². The van der Waals surface area contributed by atoms with Gasteiger partial charge >= 0.3 is 0 Å². The van der Waals surface area contributed by atoms with Crippen LogP contribution < -0.4 is 0 Å². The Morgan fingerprint density at radius 3 is 2.80 bits per heavy atom. The molecule has 1 aromatic heterocycles. The van der Waals surface area contributed by atoms with Gasteiger partial charge in [-0.25, -0.2) is 0 Å². The molecular weight excluding hydrogens is 290 g/mol. The van der Waals surface area contributed by atoms with E-state index in [0.717, 1.165) is 23.8 Å². The second-order valence-corrected chi connectivity index (χ2v) is 6.56. The number of carbonyl (C=O) groups excluding carboxylic acids is 1. The fourth-order valence-corrected chi connectivity index (χ4v) is 4.17. The van der Waals surface area contributed by atoms with Gasteiger partial charge in [-0.1, -0.05) is 31.0 Å². The zero-order valence-corrected chi connectivity index (χ0v) is 12.9. The van der Waals surface area contributed by atoms with Crippen molar-refractivity contribution < 1.29 is 4.79 Å². The Labute approximate surface area is 128 Å². The van der Waals surface area contributed by atoms with Crippen LogP contribution in [0.3, 0.4) is 0 Å². The summed E-state index contributed by atoms with van der Waals surface area (Å²) in [5.41, 5.74) is 0.836. The summed E-state index contributed by atoms with van der Waals surface area (Å²) in [6.45, 7) is 0.648. The number of benzene rings is 1. The smallest absolute Gasteiger partial charge is 0.255 e. The summed E-state index contributed by atoms with van der Waals surface area (Å²) >= 11 is 7.55. The first kappa shape index (κ1) is 13.9. The van der Waals surface area contributed by atoms with Crippen LogP contribution in [0.5, 0.6) is 0 Å². The van der Waals surface area contributed by atoms with E-state index in [9.17, 15) is 4.79 Å². The number of nitrogens with zero attached hydrogens (tertiary/aromatic N) is 1. The summed E-state index contributed by atoms with van der Waals surface area (Å²) in [7, 11) is 0. The molecule has 2 nitrogen and oxygen atoms in total. The minimum absolute atomic E-state index is 0.148. The zero-order chi connectivity index (χ0) is 13.9. The first-order valence-corrected chi connectivity index (χ1v) is 8.56.